The highest BCUT2D eigenvalue weighted by atomic mass is 32.2. The van der Waals surface area contributed by atoms with Crippen LogP contribution in [0.2, 0.25) is 0 Å². The van der Waals surface area contributed by atoms with Crippen LogP contribution in [-0.2, 0) is 6.61 Å². The number of ketones is 1. The third-order valence-electron chi connectivity index (χ3n) is 4.88. The predicted octanol–water partition coefficient (Wildman–Crippen LogP) is 4.84. The molecule has 0 fully saturated rings. The standard InChI is InChI=1S/C25H23N3O4S/c1-30-19-12-14-20(15-13-19)32-16-24-26-27-25(28(24)18-8-4-3-5-9-18)33-17-22(29)21-10-6-7-11-23(21)31-2/h3-15H,16-17H2,1-2H3. The highest BCUT2D eigenvalue weighted by Crippen LogP contribution is 2.26. The van der Waals surface area contributed by atoms with Crippen molar-refractivity contribution in [2.24, 2.45) is 0 Å². The van der Waals surface area contributed by atoms with Crippen LogP contribution in [0.4, 0.5) is 0 Å². The Bertz CT molecular complexity index is 1210. The van der Waals surface area contributed by atoms with E-state index in [9.17, 15) is 4.79 Å². The van der Waals surface area contributed by atoms with E-state index < -0.39 is 0 Å². The second-order valence-electron chi connectivity index (χ2n) is 6.95. The fourth-order valence-corrected chi connectivity index (χ4v) is 4.08. The second-order valence-corrected chi connectivity index (χ2v) is 7.89. The number of carbonyl (C=O) groups is 1. The van der Waals surface area contributed by atoms with Crippen molar-refractivity contribution in [1.82, 2.24) is 14.8 Å². The van der Waals surface area contributed by atoms with Crippen LogP contribution in [-0.4, -0.2) is 40.5 Å². The number of carbonyl (C=O) groups excluding carboxylic acids is 1. The van der Waals surface area contributed by atoms with E-state index in [1.165, 1.54) is 11.8 Å². The Kier molecular flexibility index (Phi) is 7.26. The highest BCUT2D eigenvalue weighted by Gasteiger charge is 2.18. The minimum Gasteiger partial charge on any atom is -0.497 e. The second kappa shape index (κ2) is 10.7. The molecule has 8 heteroatoms. The molecule has 0 aliphatic heterocycles. The Morgan fingerprint density at radius 2 is 1.55 bits per heavy atom. The molecular formula is C25H23N3O4S. The highest BCUT2D eigenvalue weighted by molar-refractivity contribution is 7.99. The summed E-state index contributed by atoms with van der Waals surface area (Å²) in [6.45, 7) is 0.217. The molecule has 3 aromatic carbocycles. The first kappa shape index (κ1) is 22.4. The van der Waals surface area contributed by atoms with Crippen molar-refractivity contribution in [2.45, 2.75) is 11.8 Å². The predicted molar refractivity (Wildman–Crippen MR) is 127 cm³/mol. The van der Waals surface area contributed by atoms with Gasteiger partial charge in [-0.05, 0) is 48.5 Å². The summed E-state index contributed by atoms with van der Waals surface area (Å²) in [4.78, 5) is 12.8. The molecule has 0 radical (unpaired) electrons. The molecule has 1 aromatic heterocycles. The average Bonchev–Trinajstić information content (AvgIpc) is 3.29. The monoisotopic (exact) mass is 461 g/mol. The molecule has 33 heavy (non-hydrogen) atoms. The van der Waals surface area contributed by atoms with Gasteiger partial charge in [0.25, 0.3) is 0 Å². The first-order valence-corrected chi connectivity index (χ1v) is 11.2. The lowest BCUT2D eigenvalue weighted by atomic mass is 10.1. The number of benzene rings is 3. The minimum absolute atomic E-state index is 0.0453. The van der Waals surface area contributed by atoms with E-state index in [1.807, 2.05) is 71.3 Å². The van der Waals surface area contributed by atoms with Crippen LogP contribution in [0, 0.1) is 0 Å². The summed E-state index contributed by atoms with van der Waals surface area (Å²) in [5, 5.41) is 9.27. The normalized spacial score (nSPS) is 10.6. The van der Waals surface area contributed by atoms with Gasteiger partial charge in [-0.3, -0.25) is 9.36 Å². The summed E-state index contributed by atoms with van der Waals surface area (Å²) in [5.74, 6) is 2.79. The topological polar surface area (TPSA) is 75.5 Å². The lowest BCUT2D eigenvalue weighted by Crippen LogP contribution is -2.08. The molecule has 0 aliphatic carbocycles. The van der Waals surface area contributed by atoms with E-state index in [1.54, 1.807) is 26.4 Å². The number of hydrogen-bond acceptors (Lipinski definition) is 7. The van der Waals surface area contributed by atoms with Crippen LogP contribution in [0.3, 0.4) is 0 Å². The fourth-order valence-electron chi connectivity index (χ4n) is 3.23. The zero-order valence-corrected chi connectivity index (χ0v) is 19.1. The van der Waals surface area contributed by atoms with E-state index in [-0.39, 0.29) is 18.1 Å². The first-order chi connectivity index (χ1) is 16.2. The van der Waals surface area contributed by atoms with Gasteiger partial charge in [-0.25, -0.2) is 0 Å². The van der Waals surface area contributed by atoms with E-state index in [4.69, 9.17) is 14.2 Å². The molecular weight excluding hydrogens is 438 g/mol. The largest absolute Gasteiger partial charge is 0.497 e. The Balaban J connectivity index is 1.54. The number of ether oxygens (including phenoxy) is 3. The van der Waals surface area contributed by atoms with Crippen LogP contribution in [0.1, 0.15) is 16.2 Å². The smallest absolute Gasteiger partial charge is 0.196 e. The number of aromatic nitrogens is 3. The average molecular weight is 462 g/mol. The summed E-state index contributed by atoms with van der Waals surface area (Å²) >= 11 is 1.32. The molecule has 168 valence electrons. The zero-order valence-electron chi connectivity index (χ0n) is 18.3. The molecule has 0 saturated carbocycles. The molecule has 1 heterocycles. The molecule has 4 aromatic rings. The van der Waals surface area contributed by atoms with Gasteiger partial charge in [-0.15, -0.1) is 10.2 Å². The number of methoxy groups -OCH3 is 2. The first-order valence-electron chi connectivity index (χ1n) is 10.2. The van der Waals surface area contributed by atoms with Gasteiger partial charge in [0.05, 0.1) is 25.5 Å². The van der Waals surface area contributed by atoms with E-state index >= 15 is 0 Å². The number of hydrogen-bond donors (Lipinski definition) is 0. The van der Waals surface area contributed by atoms with Crippen LogP contribution >= 0.6 is 11.8 Å². The molecule has 0 amide bonds. The zero-order chi connectivity index (χ0) is 23.0. The minimum atomic E-state index is -0.0453. The van der Waals surface area contributed by atoms with Gasteiger partial charge in [0.2, 0.25) is 0 Å². The third-order valence-corrected chi connectivity index (χ3v) is 5.81. The van der Waals surface area contributed by atoms with E-state index in [0.717, 1.165) is 11.4 Å². The summed E-state index contributed by atoms with van der Waals surface area (Å²) in [5.41, 5.74) is 1.43. The molecule has 0 N–H and O–H groups in total. The van der Waals surface area contributed by atoms with Crippen molar-refractivity contribution in [3.8, 4) is 22.9 Å². The Morgan fingerprint density at radius 1 is 0.848 bits per heavy atom. The lowest BCUT2D eigenvalue weighted by molar-refractivity contribution is 0.101. The Morgan fingerprint density at radius 3 is 2.27 bits per heavy atom. The van der Waals surface area contributed by atoms with Gasteiger partial charge >= 0.3 is 0 Å². The van der Waals surface area contributed by atoms with Gasteiger partial charge in [-0.2, -0.15) is 0 Å². The number of Topliss-reactive ketones (excluding diaryl/α,β-unsaturated/α-hetero) is 1. The maximum Gasteiger partial charge on any atom is 0.196 e. The third kappa shape index (κ3) is 5.35. The molecule has 0 atom stereocenters. The van der Waals surface area contributed by atoms with Gasteiger partial charge in [0, 0.05) is 5.69 Å². The SMILES string of the molecule is COc1ccc(OCc2nnc(SCC(=O)c3ccccc3OC)n2-c2ccccc2)cc1. The summed E-state index contributed by atoms with van der Waals surface area (Å²) in [6.07, 6.45) is 0. The van der Waals surface area contributed by atoms with Gasteiger partial charge in [0.1, 0.15) is 23.9 Å². The van der Waals surface area contributed by atoms with Crippen LogP contribution < -0.4 is 14.2 Å². The summed E-state index contributed by atoms with van der Waals surface area (Å²) < 4.78 is 18.3. The number of para-hydroxylation sites is 2. The molecule has 0 saturated heterocycles. The van der Waals surface area contributed by atoms with Gasteiger partial charge < -0.3 is 14.2 Å². The van der Waals surface area contributed by atoms with Gasteiger partial charge in [0.15, 0.2) is 16.8 Å². The van der Waals surface area contributed by atoms with Crippen molar-refractivity contribution >= 4 is 17.5 Å². The molecule has 0 unspecified atom stereocenters. The van der Waals surface area contributed by atoms with Crippen LogP contribution in [0.5, 0.6) is 17.2 Å². The summed E-state index contributed by atoms with van der Waals surface area (Å²) in [6, 6.07) is 24.3. The Labute approximate surface area is 196 Å². The van der Waals surface area contributed by atoms with Crippen molar-refractivity contribution in [1.29, 1.82) is 0 Å². The fraction of sp³-hybridized carbons (Fsp3) is 0.160. The molecule has 7 nitrogen and oxygen atoms in total. The number of rotatable bonds is 10. The quantitative estimate of drug-likeness (QED) is 0.247. The van der Waals surface area contributed by atoms with Crippen molar-refractivity contribution < 1.29 is 19.0 Å². The van der Waals surface area contributed by atoms with Crippen LogP contribution in [0.15, 0.2) is 84.0 Å². The Hall–Kier alpha value is -3.78. The van der Waals surface area contributed by atoms with Crippen molar-refractivity contribution in [3.05, 3.63) is 90.3 Å². The van der Waals surface area contributed by atoms with E-state index in [0.29, 0.717) is 28.0 Å². The van der Waals surface area contributed by atoms with E-state index in [2.05, 4.69) is 10.2 Å². The number of nitrogens with zero attached hydrogens (tertiary/aromatic N) is 3. The summed E-state index contributed by atoms with van der Waals surface area (Å²) in [7, 11) is 3.18. The maximum absolute atomic E-state index is 12.8. The van der Waals surface area contributed by atoms with Crippen molar-refractivity contribution in [3.63, 3.8) is 0 Å². The van der Waals surface area contributed by atoms with Gasteiger partial charge in [-0.1, -0.05) is 42.1 Å². The number of thioether (sulfide) groups is 1. The molecule has 0 spiro atoms. The molecule has 4 rings (SSSR count). The molecule has 0 bridgehead atoms. The van der Waals surface area contributed by atoms with Crippen LogP contribution in [0.25, 0.3) is 5.69 Å². The molecule has 0 aliphatic rings. The van der Waals surface area contributed by atoms with Crippen molar-refractivity contribution in [2.75, 3.05) is 20.0 Å². The lowest BCUT2D eigenvalue weighted by Gasteiger charge is -2.11. The maximum atomic E-state index is 12.8.